The largest absolute Gasteiger partial charge is 0.514 e. The molecule has 0 saturated heterocycles. The van der Waals surface area contributed by atoms with Gasteiger partial charge in [-0.1, -0.05) is 87.7 Å². The van der Waals surface area contributed by atoms with Crippen LogP contribution in [0.3, 0.4) is 0 Å². The molecule has 0 atom stereocenters. The topological polar surface area (TPSA) is 107 Å². The van der Waals surface area contributed by atoms with Crippen LogP contribution in [0.5, 0.6) is 17.2 Å². The minimum atomic E-state index is -0.865. The summed E-state index contributed by atoms with van der Waals surface area (Å²) in [6.45, 7) is 32.2. The monoisotopic (exact) mass is 746 g/mol. The van der Waals surface area contributed by atoms with E-state index in [0.717, 1.165) is 33.4 Å². The number of hydrogen-bond donors (Lipinski definition) is 0. The Morgan fingerprint density at radius 1 is 0.481 bits per heavy atom. The normalized spacial score (nSPS) is 12.3. The number of carbonyl (C=O) groups is 3. The molecule has 0 aromatic heterocycles. The van der Waals surface area contributed by atoms with Gasteiger partial charge in [-0.15, -0.1) is 0 Å². The van der Waals surface area contributed by atoms with Gasteiger partial charge >= 0.3 is 18.5 Å². The Bertz CT molecular complexity index is 1860. The van der Waals surface area contributed by atoms with Gasteiger partial charge in [0, 0.05) is 40.7 Å². The van der Waals surface area contributed by atoms with Crippen molar-refractivity contribution in [3.63, 3.8) is 0 Å². The summed E-state index contributed by atoms with van der Waals surface area (Å²) < 4.78 is 34.9. The Morgan fingerprint density at radius 2 is 0.796 bits per heavy atom. The number of rotatable bonds is 8. The third-order valence-corrected chi connectivity index (χ3v) is 7.95. The second-order valence-corrected chi connectivity index (χ2v) is 18.5. The first-order valence-electron chi connectivity index (χ1n) is 18.6. The molecule has 0 heterocycles. The zero-order valence-corrected chi connectivity index (χ0v) is 35.6. The summed E-state index contributed by atoms with van der Waals surface area (Å²) in [7, 11) is 0. The van der Waals surface area contributed by atoms with Gasteiger partial charge in [-0.25, -0.2) is 14.4 Å². The van der Waals surface area contributed by atoms with E-state index >= 15 is 0 Å². The molecule has 0 saturated carbocycles. The molecule has 54 heavy (non-hydrogen) atoms. The van der Waals surface area contributed by atoms with Crippen LogP contribution in [0.25, 0.3) is 0 Å². The fraction of sp³-hybridized carbons (Fsp3) is 0.533. The second kappa shape index (κ2) is 16.5. The summed E-state index contributed by atoms with van der Waals surface area (Å²) in [6.07, 6.45) is -2.00. The van der Waals surface area contributed by atoms with Gasteiger partial charge in [-0.05, 0) is 100.0 Å². The molecule has 0 aliphatic carbocycles. The standard InChI is InChI=1S/C45H62O9/c1-26(2)34-22-28(4)20-32(37(34)50-40(47)53-44(12,13)14)24-30-18-27(3)19-31(36(30)49-39(46)52-43(9,10)11)25-33-21-29(5)23-35(42(6,7)8)38(33)51-41(48)54-45(15,16)17/h18-23,26H,24-25H2,1-17H3. The first kappa shape index (κ1) is 43.9. The number of aryl methyl sites for hydroxylation is 3. The van der Waals surface area contributed by atoms with E-state index < -0.39 is 40.7 Å². The summed E-state index contributed by atoms with van der Waals surface area (Å²) >= 11 is 0. The fourth-order valence-corrected chi connectivity index (χ4v) is 6.02. The van der Waals surface area contributed by atoms with E-state index in [-0.39, 0.29) is 18.8 Å². The number of ether oxygens (including phenoxy) is 6. The molecular weight excluding hydrogens is 684 g/mol. The zero-order valence-electron chi connectivity index (χ0n) is 35.6. The number of hydrogen-bond acceptors (Lipinski definition) is 9. The third kappa shape index (κ3) is 13.1. The van der Waals surface area contributed by atoms with Crippen molar-refractivity contribution in [3.8, 4) is 17.2 Å². The van der Waals surface area contributed by atoms with Crippen LogP contribution in [0.2, 0.25) is 0 Å². The molecule has 0 bridgehead atoms. The van der Waals surface area contributed by atoms with Gasteiger partial charge in [0.2, 0.25) is 0 Å². The Hall–Kier alpha value is -4.53. The van der Waals surface area contributed by atoms with Crippen LogP contribution in [-0.2, 0) is 32.5 Å². The molecule has 0 aliphatic rings. The summed E-state index contributed by atoms with van der Waals surface area (Å²) in [5, 5.41) is 0. The minimum Gasteiger partial charge on any atom is -0.428 e. The molecule has 3 rings (SSSR count). The highest BCUT2D eigenvalue weighted by molar-refractivity contribution is 5.70. The maximum atomic E-state index is 13.4. The summed E-state index contributed by atoms with van der Waals surface area (Å²) in [5.74, 6) is 1.11. The van der Waals surface area contributed by atoms with Crippen LogP contribution >= 0.6 is 0 Å². The molecule has 0 aliphatic heterocycles. The molecule has 0 spiro atoms. The average molecular weight is 747 g/mol. The van der Waals surface area contributed by atoms with Crippen molar-refractivity contribution in [2.24, 2.45) is 0 Å². The molecule has 0 radical (unpaired) electrons. The maximum Gasteiger partial charge on any atom is 0.514 e. The molecule has 3 aromatic carbocycles. The second-order valence-electron chi connectivity index (χ2n) is 18.5. The number of benzene rings is 3. The average Bonchev–Trinajstić information content (AvgIpc) is 2.93. The third-order valence-electron chi connectivity index (χ3n) is 7.95. The predicted octanol–water partition coefficient (Wildman–Crippen LogP) is 12.2. The summed E-state index contributed by atoms with van der Waals surface area (Å²) in [6, 6.07) is 11.9. The lowest BCUT2D eigenvalue weighted by atomic mass is 9.83. The van der Waals surface area contributed by atoms with Crippen LogP contribution in [-0.4, -0.2) is 35.3 Å². The maximum absolute atomic E-state index is 13.4. The lowest BCUT2D eigenvalue weighted by Crippen LogP contribution is -2.27. The van der Waals surface area contributed by atoms with Crippen molar-refractivity contribution in [1.82, 2.24) is 0 Å². The molecule has 0 amide bonds. The van der Waals surface area contributed by atoms with Crippen molar-refractivity contribution in [2.75, 3.05) is 0 Å². The van der Waals surface area contributed by atoms with Gasteiger partial charge in [-0.2, -0.15) is 0 Å². The minimum absolute atomic E-state index is 0.0216. The van der Waals surface area contributed by atoms with E-state index in [1.807, 2.05) is 71.0 Å². The van der Waals surface area contributed by atoms with E-state index in [2.05, 4.69) is 20.8 Å². The number of carbonyl (C=O) groups excluding carboxylic acids is 3. The van der Waals surface area contributed by atoms with Crippen LogP contribution in [0.1, 0.15) is 153 Å². The van der Waals surface area contributed by atoms with E-state index in [4.69, 9.17) is 28.4 Å². The van der Waals surface area contributed by atoms with Crippen molar-refractivity contribution in [3.05, 3.63) is 86.5 Å². The fourth-order valence-electron chi connectivity index (χ4n) is 6.02. The van der Waals surface area contributed by atoms with Crippen molar-refractivity contribution in [1.29, 1.82) is 0 Å². The molecule has 9 nitrogen and oxygen atoms in total. The van der Waals surface area contributed by atoms with Crippen LogP contribution in [0.15, 0.2) is 36.4 Å². The molecule has 0 fully saturated rings. The quantitative estimate of drug-likeness (QED) is 0.126. The highest BCUT2D eigenvalue weighted by Crippen LogP contribution is 2.41. The smallest absolute Gasteiger partial charge is 0.428 e. The van der Waals surface area contributed by atoms with Gasteiger partial charge in [0.1, 0.15) is 34.1 Å². The molecule has 0 unspecified atom stereocenters. The van der Waals surface area contributed by atoms with E-state index in [0.29, 0.717) is 33.9 Å². The van der Waals surface area contributed by atoms with Gasteiger partial charge in [0.15, 0.2) is 0 Å². The zero-order chi connectivity index (χ0) is 41.1. The lowest BCUT2D eigenvalue weighted by Gasteiger charge is -2.27. The van der Waals surface area contributed by atoms with Gasteiger partial charge < -0.3 is 28.4 Å². The molecule has 0 N–H and O–H groups in total. The molecular formula is C45H62O9. The molecule has 9 heteroatoms. The lowest BCUT2D eigenvalue weighted by molar-refractivity contribution is 0.0188. The Kier molecular flexibility index (Phi) is 13.4. The highest BCUT2D eigenvalue weighted by Gasteiger charge is 2.29. The van der Waals surface area contributed by atoms with Gasteiger partial charge in [0.05, 0.1) is 0 Å². The Morgan fingerprint density at radius 3 is 1.17 bits per heavy atom. The van der Waals surface area contributed by atoms with E-state index in [9.17, 15) is 14.4 Å². The SMILES string of the molecule is Cc1cc(Cc2cc(C)cc(C(C)C)c2OC(=O)OC(C)(C)C)c(OC(=O)OC(C)(C)C)c(Cc2cc(C)cc(C(C)(C)C)c2OC(=O)OC(C)(C)C)c1. The van der Waals surface area contributed by atoms with Crippen molar-refractivity contribution < 1.29 is 42.8 Å². The van der Waals surface area contributed by atoms with Crippen LogP contribution < -0.4 is 14.2 Å². The predicted molar refractivity (Wildman–Crippen MR) is 213 cm³/mol. The summed E-state index contributed by atoms with van der Waals surface area (Å²) in [5.41, 5.74) is 4.57. The molecule has 3 aromatic rings. The first-order valence-corrected chi connectivity index (χ1v) is 18.6. The first-order chi connectivity index (χ1) is 24.5. The van der Waals surface area contributed by atoms with E-state index in [1.54, 1.807) is 62.3 Å². The highest BCUT2D eigenvalue weighted by atomic mass is 16.7. The van der Waals surface area contributed by atoms with Gasteiger partial charge in [0.25, 0.3) is 0 Å². The van der Waals surface area contributed by atoms with Crippen molar-refractivity contribution >= 4 is 18.5 Å². The summed E-state index contributed by atoms with van der Waals surface area (Å²) in [4.78, 5) is 39.7. The Labute approximate surface area is 323 Å². The van der Waals surface area contributed by atoms with Crippen molar-refractivity contribution in [2.45, 2.75) is 159 Å². The molecule has 296 valence electrons. The van der Waals surface area contributed by atoms with Gasteiger partial charge in [-0.3, -0.25) is 0 Å². The Balaban J connectivity index is 2.32. The van der Waals surface area contributed by atoms with Crippen LogP contribution in [0, 0.1) is 20.8 Å². The van der Waals surface area contributed by atoms with Crippen LogP contribution in [0.4, 0.5) is 14.4 Å². The van der Waals surface area contributed by atoms with E-state index in [1.165, 1.54) is 0 Å².